The van der Waals surface area contributed by atoms with Crippen molar-refractivity contribution in [3.05, 3.63) is 22.3 Å². The number of aromatic carboxylic acids is 1. The summed E-state index contributed by atoms with van der Waals surface area (Å²) >= 11 is 0. The molecule has 1 aromatic carbocycles. The molecule has 0 bridgehead atoms. The molecule has 0 radical (unpaired) electrons. The van der Waals surface area contributed by atoms with Crippen LogP contribution >= 0.6 is 0 Å². The van der Waals surface area contributed by atoms with Gasteiger partial charge < -0.3 is 24.8 Å². The van der Waals surface area contributed by atoms with Gasteiger partial charge in [-0.3, -0.25) is 0 Å². The standard InChI is InChI=1S/C14H16O7/c1-5-6(2)21-14(19)9-8(5)7(4-20-3)11(15)10(12(9)16)13(17)18/h5-6,15-16H,4H2,1-3H3,(H,17,18)/t5-,6+/m1/s1. The maximum Gasteiger partial charge on any atom is 0.343 e. The van der Waals surface area contributed by atoms with Crippen molar-refractivity contribution in [2.24, 2.45) is 0 Å². The number of aromatic hydroxyl groups is 2. The minimum atomic E-state index is -1.54. The fraction of sp³-hybridized carbons (Fsp3) is 0.429. The fourth-order valence-corrected chi connectivity index (χ4v) is 2.56. The Balaban J connectivity index is 2.88. The van der Waals surface area contributed by atoms with Gasteiger partial charge in [0.1, 0.15) is 28.7 Å². The second-order valence-electron chi connectivity index (χ2n) is 4.98. The van der Waals surface area contributed by atoms with Crippen LogP contribution in [0.3, 0.4) is 0 Å². The third-order valence-electron chi connectivity index (χ3n) is 3.75. The van der Waals surface area contributed by atoms with Crippen molar-refractivity contribution in [1.29, 1.82) is 0 Å². The summed E-state index contributed by atoms with van der Waals surface area (Å²) in [5.74, 6) is -4.03. The van der Waals surface area contributed by atoms with Crippen LogP contribution in [0.15, 0.2) is 0 Å². The predicted octanol–water partition coefficient (Wildman–Crippen LogP) is 1.60. The van der Waals surface area contributed by atoms with Gasteiger partial charge in [0.25, 0.3) is 0 Å². The van der Waals surface area contributed by atoms with E-state index in [-0.39, 0.29) is 23.7 Å². The number of fused-ring (bicyclic) bond motifs is 1. The SMILES string of the molecule is COCc1c(O)c(C(=O)O)c(O)c2c1[C@H](C)[C@H](C)OC2=O. The maximum atomic E-state index is 12.0. The number of hydrogen-bond donors (Lipinski definition) is 3. The molecule has 114 valence electrons. The van der Waals surface area contributed by atoms with E-state index in [4.69, 9.17) is 14.6 Å². The molecule has 0 aromatic heterocycles. The quantitative estimate of drug-likeness (QED) is 0.726. The Morgan fingerprint density at radius 1 is 1.29 bits per heavy atom. The van der Waals surface area contributed by atoms with Crippen LogP contribution in [0.2, 0.25) is 0 Å². The highest BCUT2D eigenvalue weighted by molar-refractivity contribution is 6.04. The molecule has 0 amide bonds. The van der Waals surface area contributed by atoms with Gasteiger partial charge in [0, 0.05) is 18.6 Å². The molecule has 0 fully saturated rings. The summed E-state index contributed by atoms with van der Waals surface area (Å²) in [5.41, 5.74) is -0.401. The molecule has 0 saturated heterocycles. The third kappa shape index (κ3) is 2.19. The lowest BCUT2D eigenvalue weighted by Crippen LogP contribution is -2.30. The van der Waals surface area contributed by atoms with Crippen LogP contribution in [0.5, 0.6) is 11.5 Å². The second-order valence-corrected chi connectivity index (χ2v) is 4.98. The van der Waals surface area contributed by atoms with E-state index < -0.39 is 35.1 Å². The van der Waals surface area contributed by atoms with Gasteiger partial charge in [0.15, 0.2) is 0 Å². The molecule has 1 aliphatic rings. The van der Waals surface area contributed by atoms with Crippen LogP contribution in [0.4, 0.5) is 0 Å². The van der Waals surface area contributed by atoms with Crippen molar-refractivity contribution >= 4 is 11.9 Å². The average Bonchev–Trinajstić information content (AvgIpc) is 2.38. The zero-order valence-corrected chi connectivity index (χ0v) is 11.8. The molecule has 2 rings (SSSR count). The lowest BCUT2D eigenvalue weighted by atomic mass is 9.83. The van der Waals surface area contributed by atoms with Gasteiger partial charge in [0.05, 0.1) is 6.61 Å². The monoisotopic (exact) mass is 296 g/mol. The number of carbonyl (C=O) groups is 2. The van der Waals surface area contributed by atoms with Crippen LogP contribution in [-0.2, 0) is 16.1 Å². The van der Waals surface area contributed by atoms with Crippen LogP contribution in [-0.4, -0.2) is 40.5 Å². The van der Waals surface area contributed by atoms with Gasteiger partial charge in [-0.05, 0) is 12.5 Å². The zero-order valence-electron chi connectivity index (χ0n) is 11.8. The molecule has 2 atom stereocenters. The molecule has 3 N–H and O–H groups in total. The van der Waals surface area contributed by atoms with E-state index in [0.29, 0.717) is 5.56 Å². The Hall–Kier alpha value is -2.28. The molecule has 7 heteroatoms. The van der Waals surface area contributed by atoms with E-state index >= 15 is 0 Å². The number of esters is 1. The molecule has 1 heterocycles. The van der Waals surface area contributed by atoms with Gasteiger partial charge in [-0.15, -0.1) is 0 Å². The summed E-state index contributed by atoms with van der Waals surface area (Å²) < 4.78 is 10.1. The fourth-order valence-electron chi connectivity index (χ4n) is 2.56. The van der Waals surface area contributed by atoms with Gasteiger partial charge in [0.2, 0.25) is 0 Å². The van der Waals surface area contributed by atoms with Crippen molar-refractivity contribution in [3.63, 3.8) is 0 Å². The van der Waals surface area contributed by atoms with E-state index in [1.165, 1.54) is 7.11 Å². The topological polar surface area (TPSA) is 113 Å². The first kappa shape index (κ1) is 15.1. The molecular formula is C14H16O7. The summed E-state index contributed by atoms with van der Waals surface area (Å²) in [6.07, 6.45) is -0.463. The molecule has 21 heavy (non-hydrogen) atoms. The maximum absolute atomic E-state index is 12.0. The number of ether oxygens (including phenoxy) is 2. The first-order chi connectivity index (χ1) is 9.81. The number of rotatable bonds is 3. The molecular weight excluding hydrogens is 280 g/mol. The summed E-state index contributed by atoms with van der Waals surface area (Å²) in [6, 6.07) is 0. The van der Waals surface area contributed by atoms with Crippen molar-refractivity contribution in [2.45, 2.75) is 32.5 Å². The Labute approximate surface area is 120 Å². The Kier molecular flexibility index (Phi) is 3.78. The van der Waals surface area contributed by atoms with Crippen LogP contribution in [0, 0.1) is 0 Å². The molecule has 1 aliphatic heterocycles. The summed E-state index contributed by atoms with van der Waals surface area (Å²) in [4.78, 5) is 23.2. The van der Waals surface area contributed by atoms with Crippen molar-refractivity contribution in [2.75, 3.05) is 7.11 Å². The number of methoxy groups -OCH3 is 1. The average molecular weight is 296 g/mol. The second kappa shape index (κ2) is 5.25. The van der Waals surface area contributed by atoms with Crippen LogP contribution in [0.1, 0.15) is 51.6 Å². The van der Waals surface area contributed by atoms with E-state index in [2.05, 4.69) is 0 Å². The number of carboxylic acid groups (broad SMARTS) is 1. The molecule has 0 spiro atoms. The third-order valence-corrected chi connectivity index (χ3v) is 3.75. The zero-order chi connectivity index (χ0) is 15.9. The highest BCUT2D eigenvalue weighted by Gasteiger charge is 2.39. The first-order valence-electron chi connectivity index (χ1n) is 6.35. The van der Waals surface area contributed by atoms with E-state index in [1.807, 2.05) is 0 Å². The number of carbonyl (C=O) groups excluding carboxylic acids is 1. The molecule has 0 aliphatic carbocycles. The largest absolute Gasteiger partial charge is 0.507 e. The summed E-state index contributed by atoms with van der Waals surface area (Å²) in [6.45, 7) is 3.36. The van der Waals surface area contributed by atoms with Crippen LogP contribution in [0.25, 0.3) is 0 Å². The van der Waals surface area contributed by atoms with Crippen LogP contribution < -0.4 is 0 Å². The predicted molar refractivity (Wildman–Crippen MR) is 70.7 cm³/mol. The normalized spacial score (nSPS) is 20.8. The van der Waals surface area contributed by atoms with Crippen molar-refractivity contribution < 1.29 is 34.4 Å². The van der Waals surface area contributed by atoms with E-state index in [1.54, 1.807) is 13.8 Å². The van der Waals surface area contributed by atoms with Crippen molar-refractivity contribution in [1.82, 2.24) is 0 Å². The number of hydrogen-bond acceptors (Lipinski definition) is 6. The number of phenols is 2. The van der Waals surface area contributed by atoms with Crippen molar-refractivity contribution in [3.8, 4) is 11.5 Å². The minimum absolute atomic E-state index is 0.0843. The summed E-state index contributed by atoms with van der Waals surface area (Å²) in [7, 11) is 1.38. The smallest absolute Gasteiger partial charge is 0.343 e. The molecule has 1 aromatic rings. The lowest BCUT2D eigenvalue weighted by molar-refractivity contribution is 0.0232. The first-order valence-corrected chi connectivity index (χ1v) is 6.35. The molecule has 0 saturated carbocycles. The minimum Gasteiger partial charge on any atom is -0.507 e. The lowest BCUT2D eigenvalue weighted by Gasteiger charge is -2.31. The highest BCUT2D eigenvalue weighted by atomic mass is 16.5. The Morgan fingerprint density at radius 3 is 2.43 bits per heavy atom. The van der Waals surface area contributed by atoms with E-state index in [0.717, 1.165) is 0 Å². The summed E-state index contributed by atoms with van der Waals surface area (Å²) in [5, 5.41) is 29.3. The number of benzene rings is 1. The van der Waals surface area contributed by atoms with Gasteiger partial charge in [-0.25, -0.2) is 9.59 Å². The van der Waals surface area contributed by atoms with Gasteiger partial charge >= 0.3 is 11.9 Å². The molecule has 7 nitrogen and oxygen atoms in total. The Bertz CT molecular complexity index is 620. The van der Waals surface area contributed by atoms with Gasteiger partial charge in [-0.2, -0.15) is 0 Å². The number of cyclic esters (lactones) is 1. The molecule has 0 unspecified atom stereocenters. The van der Waals surface area contributed by atoms with E-state index in [9.17, 15) is 19.8 Å². The van der Waals surface area contributed by atoms with Gasteiger partial charge in [-0.1, -0.05) is 6.92 Å². The Morgan fingerprint density at radius 2 is 1.90 bits per heavy atom. The number of carboxylic acids is 1. The highest BCUT2D eigenvalue weighted by Crippen LogP contribution is 2.45.